The number of thioether (sulfide) groups is 1. The molecule has 0 aromatic carbocycles. The zero-order valence-electron chi connectivity index (χ0n) is 15.0. The number of carbonyl (C=O) groups excluding carboxylic acids is 1. The molecule has 2 unspecified atom stereocenters. The van der Waals surface area contributed by atoms with E-state index < -0.39 is 17.1 Å². The SMILES string of the molecule is CC(=O)NC1CCCCC1SCCCn1c(=O)n(C)c(=O)n(C)c1=O. The van der Waals surface area contributed by atoms with Crippen LogP contribution in [0.4, 0.5) is 0 Å². The van der Waals surface area contributed by atoms with Crippen molar-refractivity contribution < 1.29 is 4.79 Å². The number of hydrogen-bond donors (Lipinski definition) is 1. The van der Waals surface area contributed by atoms with Crippen LogP contribution in [0.25, 0.3) is 0 Å². The molecule has 1 aromatic heterocycles. The van der Waals surface area contributed by atoms with Crippen LogP contribution in [0, 0.1) is 0 Å². The average Bonchev–Trinajstić information content (AvgIpc) is 2.58. The molecule has 0 bridgehead atoms. The monoisotopic (exact) mass is 370 g/mol. The Balaban J connectivity index is 1.95. The molecule has 1 fully saturated rings. The number of amides is 1. The summed E-state index contributed by atoms with van der Waals surface area (Å²) in [5.74, 6) is 0.789. The Labute approximate surface area is 150 Å². The second-order valence-electron chi connectivity index (χ2n) is 6.47. The predicted molar refractivity (Wildman–Crippen MR) is 98.1 cm³/mol. The Bertz CT molecular complexity index is 755. The van der Waals surface area contributed by atoms with Gasteiger partial charge in [-0.1, -0.05) is 12.8 Å². The number of hydrogen-bond acceptors (Lipinski definition) is 5. The van der Waals surface area contributed by atoms with Crippen molar-refractivity contribution in [2.45, 2.75) is 56.9 Å². The first-order chi connectivity index (χ1) is 11.8. The molecule has 1 N–H and O–H groups in total. The van der Waals surface area contributed by atoms with Crippen LogP contribution in [0.1, 0.15) is 39.0 Å². The summed E-state index contributed by atoms with van der Waals surface area (Å²) in [4.78, 5) is 47.2. The number of nitrogens with one attached hydrogen (secondary N) is 1. The van der Waals surface area contributed by atoms with Gasteiger partial charge in [0, 0.05) is 38.9 Å². The topological polar surface area (TPSA) is 95.1 Å². The Morgan fingerprint density at radius 1 is 1.08 bits per heavy atom. The minimum Gasteiger partial charge on any atom is -0.352 e. The van der Waals surface area contributed by atoms with Crippen molar-refractivity contribution in [3.05, 3.63) is 31.5 Å². The summed E-state index contributed by atoms with van der Waals surface area (Å²) < 4.78 is 3.00. The second-order valence-corrected chi connectivity index (χ2v) is 7.82. The van der Waals surface area contributed by atoms with Crippen LogP contribution < -0.4 is 22.4 Å². The lowest BCUT2D eigenvalue weighted by molar-refractivity contribution is -0.119. The van der Waals surface area contributed by atoms with Gasteiger partial charge in [0.2, 0.25) is 5.91 Å². The van der Waals surface area contributed by atoms with Gasteiger partial charge in [-0.3, -0.25) is 4.79 Å². The zero-order valence-corrected chi connectivity index (χ0v) is 15.8. The predicted octanol–water partition coefficient (Wildman–Crippen LogP) is -0.184. The molecule has 140 valence electrons. The molecule has 8 nitrogen and oxygen atoms in total. The minimum absolute atomic E-state index is 0.00208. The first-order valence-electron chi connectivity index (χ1n) is 8.58. The molecule has 1 amide bonds. The van der Waals surface area contributed by atoms with E-state index in [-0.39, 0.29) is 18.5 Å². The van der Waals surface area contributed by atoms with Crippen LogP contribution >= 0.6 is 11.8 Å². The van der Waals surface area contributed by atoms with Crippen molar-refractivity contribution >= 4 is 17.7 Å². The summed E-state index contributed by atoms with van der Waals surface area (Å²) in [6.07, 6.45) is 5.01. The molecule has 1 heterocycles. The molecule has 1 saturated carbocycles. The van der Waals surface area contributed by atoms with Gasteiger partial charge in [0.15, 0.2) is 0 Å². The van der Waals surface area contributed by atoms with Crippen molar-refractivity contribution in [2.24, 2.45) is 14.1 Å². The molecular weight excluding hydrogens is 344 g/mol. The van der Waals surface area contributed by atoms with Crippen LogP contribution in [0.5, 0.6) is 0 Å². The molecule has 0 aliphatic heterocycles. The lowest BCUT2D eigenvalue weighted by atomic mass is 9.95. The summed E-state index contributed by atoms with van der Waals surface area (Å²) in [5.41, 5.74) is -1.76. The Hall–Kier alpha value is -1.77. The van der Waals surface area contributed by atoms with Crippen molar-refractivity contribution in [3.63, 3.8) is 0 Å². The number of carbonyl (C=O) groups is 1. The van der Waals surface area contributed by atoms with Crippen molar-refractivity contribution in [1.82, 2.24) is 19.0 Å². The smallest absolute Gasteiger partial charge is 0.336 e. The van der Waals surface area contributed by atoms with Gasteiger partial charge in [0.05, 0.1) is 0 Å². The fraction of sp³-hybridized carbons (Fsp3) is 0.750. The Morgan fingerprint density at radius 3 is 2.28 bits per heavy atom. The van der Waals surface area contributed by atoms with E-state index in [2.05, 4.69) is 5.32 Å². The summed E-state index contributed by atoms with van der Waals surface area (Å²) >= 11 is 1.78. The third kappa shape index (κ3) is 4.65. The van der Waals surface area contributed by atoms with Gasteiger partial charge in [0.1, 0.15) is 0 Å². The standard InChI is InChI=1S/C16H26N4O4S/c1-11(21)17-12-7-4-5-8-13(12)25-10-6-9-20-15(23)18(2)14(22)19(3)16(20)24/h12-13H,4-10H2,1-3H3,(H,17,21). The van der Waals surface area contributed by atoms with E-state index in [4.69, 9.17) is 0 Å². The van der Waals surface area contributed by atoms with Crippen molar-refractivity contribution in [1.29, 1.82) is 0 Å². The van der Waals surface area contributed by atoms with Crippen LogP contribution in [-0.2, 0) is 25.4 Å². The highest BCUT2D eigenvalue weighted by atomic mass is 32.2. The zero-order chi connectivity index (χ0) is 18.6. The molecule has 1 aromatic rings. The molecule has 25 heavy (non-hydrogen) atoms. The van der Waals surface area contributed by atoms with Gasteiger partial charge in [0.25, 0.3) is 0 Å². The third-order valence-electron chi connectivity index (χ3n) is 4.56. The van der Waals surface area contributed by atoms with E-state index >= 15 is 0 Å². The number of aromatic nitrogens is 3. The number of nitrogens with zero attached hydrogens (tertiary/aromatic N) is 3. The molecule has 2 rings (SSSR count). The van der Waals surface area contributed by atoms with Crippen LogP contribution in [0.15, 0.2) is 14.4 Å². The van der Waals surface area contributed by atoms with Gasteiger partial charge in [-0.15, -0.1) is 0 Å². The molecule has 1 aliphatic carbocycles. The van der Waals surface area contributed by atoms with E-state index in [9.17, 15) is 19.2 Å². The van der Waals surface area contributed by atoms with Crippen LogP contribution in [0.2, 0.25) is 0 Å². The third-order valence-corrected chi connectivity index (χ3v) is 6.08. The molecule has 0 saturated heterocycles. The van der Waals surface area contributed by atoms with E-state index in [0.29, 0.717) is 11.7 Å². The van der Waals surface area contributed by atoms with Crippen LogP contribution in [-0.4, -0.2) is 36.7 Å². The maximum atomic E-state index is 12.1. The number of rotatable bonds is 6. The summed E-state index contributed by atoms with van der Waals surface area (Å²) in [6, 6.07) is 0.199. The minimum atomic E-state index is -0.610. The van der Waals surface area contributed by atoms with E-state index in [1.165, 1.54) is 21.0 Å². The van der Waals surface area contributed by atoms with Gasteiger partial charge < -0.3 is 5.32 Å². The highest BCUT2D eigenvalue weighted by molar-refractivity contribution is 7.99. The maximum absolute atomic E-state index is 12.1. The highest BCUT2D eigenvalue weighted by Gasteiger charge is 2.25. The summed E-state index contributed by atoms with van der Waals surface area (Å²) in [5, 5.41) is 3.40. The van der Waals surface area contributed by atoms with Gasteiger partial charge in [-0.25, -0.2) is 28.1 Å². The fourth-order valence-corrected chi connectivity index (χ4v) is 4.57. The average molecular weight is 370 g/mol. The second kappa shape index (κ2) is 8.55. The van der Waals surface area contributed by atoms with Crippen molar-refractivity contribution in [2.75, 3.05) is 5.75 Å². The molecule has 9 heteroatoms. The summed E-state index contributed by atoms with van der Waals surface area (Å²) in [7, 11) is 2.74. The fourth-order valence-electron chi connectivity index (χ4n) is 3.20. The Morgan fingerprint density at radius 2 is 1.68 bits per heavy atom. The lowest BCUT2D eigenvalue weighted by Gasteiger charge is -2.31. The van der Waals surface area contributed by atoms with Crippen molar-refractivity contribution in [3.8, 4) is 0 Å². The van der Waals surface area contributed by atoms with E-state index in [0.717, 1.165) is 45.1 Å². The maximum Gasteiger partial charge on any atom is 0.336 e. The molecule has 1 aliphatic rings. The first-order valence-corrected chi connectivity index (χ1v) is 9.63. The molecular formula is C16H26N4O4S. The first kappa shape index (κ1) is 19.6. The van der Waals surface area contributed by atoms with Crippen LogP contribution in [0.3, 0.4) is 0 Å². The molecule has 0 spiro atoms. The molecule has 2 atom stereocenters. The van der Waals surface area contributed by atoms with Gasteiger partial charge >= 0.3 is 17.1 Å². The highest BCUT2D eigenvalue weighted by Crippen LogP contribution is 2.29. The molecule has 0 radical (unpaired) electrons. The summed E-state index contributed by atoms with van der Waals surface area (Å²) in [6.45, 7) is 1.82. The van der Waals surface area contributed by atoms with E-state index in [1.807, 2.05) is 0 Å². The largest absolute Gasteiger partial charge is 0.352 e. The van der Waals surface area contributed by atoms with Gasteiger partial charge in [-0.05, 0) is 25.0 Å². The van der Waals surface area contributed by atoms with E-state index in [1.54, 1.807) is 11.8 Å². The quantitative estimate of drug-likeness (QED) is 0.701. The Kier molecular flexibility index (Phi) is 6.69. The van der Waals surface area contributed by atoms with Gasteiger partial charge in [-0.2, -0.15) is 11.8 Å². The normalized spacial score (nSPS) is 20.4. The lowest BCUT2D eigenvalue weighted by Crippen LogP contribution is -2.52.